The van der Waals surface area contributed by atoms with Gasteiger partial charge in [0.25, 0.3) is 0 Å². The van der Waals surface area contributed by atoms with Crippen molar-refractivity contribution in [1.29, 1.82) is 0 Å². The van der Waals surface area contributed by atoms with Crippen LogP contribution in [0.25, 0.3) is 0 Å². The van der Waals surface area contributed by atoms with Gasteiger partial charge in [0.15, 0.2) is 4.90 Å². The molecule has 0 aromatic heterocycles. The second kappa shape index (κ2) is 6.29. The molecule has 122 valence electrons. The average Bonchev–Trinajstić information content (AvgIpc) is 2.46. The third-order valence-corrected chi connectivity index (χ3v) is 5.39. The zero-order valence-electron chi connectivity index (χ0n) is 12.1. The molecule has 5 nitrogen and oxygen atoms in total. The number of rotatable bonds is 4. The summed E-state index contributed by atoms with van der Waals surface area (Å²) in [6, 6.07) is 2.77. The molecule has 0 spiro atoms. The topological polar surface area (TPSA) is 72.5 Å². The van der Waals surface area contributed by atoms with Crippen LogP contribution in [0.4, 0.5) is 8.78 Å². The number of ether oxygens (including phenoxy) is 1. The first-order chi connectivity index (χ1) is 10.3. The standard InChI is InChI=1S/C14H17F2NO4S/c1-21-13(18)14(8-3-2-4-9-14)17-22(19,20)12-10(15)6-5-7-11(12)16/h5-7,17H,2-4,8-9H2,1H3. The minimum atomic E-state index is -4.54. The molecule has 0 aliphatic heterocycles. The molecule has 22 heavy (non-hydrogen) atoms. The summed E-state index contributed by atoms with van der Waals surface area (Å²) in [5.41, 5.74) is -1.47. The first-order valence-corrected chi connectivity index (χ1v) is 8.37. The lowest BCUT2D eigenvalue weighted by Crippen LogP contribution is -2.56. The van der Waals surface area contributed by atoms with Crippen LogP contribution in [0.2, 0.25) is 0 Å². The van der Waals surface area contributed by atoms with Crippen LogP contribution >= 0.6 is 0 Å². The smallest absolute Gasteiger partial charge is 0.327 e. The highest BCUT2D eigenvalue weighted by Crippen LogP contribution is 2.31. The minimum absolute atomic E-state index is 0.231. The van der Waals surface area contributed by atoms with Crippen molar-refractivity contribution < 1.29 is 26.7 Å². The third-order valence-electron chi connectivity index (χ3n) is 3.80. The predicted octanol–water partition coefficient (Wildman–Crippen LogP) is 2.12. The van der Waals surface area contributed by atoms with Crippen LogP contribution in [0, 0.1) is 11.6 Å². The molecule has 1 aromatic carbocycles. The summed E-state index contributed by atoms with van der Waals surface area (Å²) in [5, 5.41) is 0. The van der Waals surface area contributed by atoms with Crippen LogP contribution in [0.1, 0.15) is 32.1 Å². The zero-order valence-corrected chi connectivity index (χ0v) is 12.9. The molecular weight excluding hydrogens is 316 g/mol. The van der Waals surface area contributed by atoms with Crippen molar-refractivity contribution in [3.63, 3.8) is 0 Å². The molecule has 0 unspecified atom stereocenters. The van der Waals surface area contributed by atoms with E-state index in [4.69, 9.17) is 0 Å². The van der Waals surface area contributed by atoms with E-state index in [-0.39, 0.29) is 12.8 Å². The van der Waals surface area contributed by atoms with Crippen molar-refractivity contribution in [2.24, 2.45) is 0 Å². The van der Waals surface area contributed by atoms with Gasteiger partial charge >= 0.3 is 5.97 Å². The fraction of sp³-hybridized carbons (Fsp3) is 0.500. The van der Waals surface area contributed by atoms with Crippen LogP contribution in [0.3, 0.4) is 0 Å². The van der Waals surface area contributed by atoms with E-state index in [0.29, 0.717) is 12.8 Å². The molecule has 1 fully saturated rings. The summed E-state index contributed by atoms with van der Waals surface area (Å²) < 4.78 is 59.1. The molecule has 1 aromatic rings. The molecule has 1 aliphatic rings. The third kappa shape index (κ3) is 3.12. The predicted molar refractivity (Wildman–Crippen MR) is 74.5 cm³/mol. The molecule has 0 radical (unpaired) electrons. The Balaban J connectivity index is 2.43. The number of hydrogen-bond acceptors (Lipinski definition) is 4. The number of carbonyl (C=O) groups excluding carboxylic acids is 1. The van der Waals surface area contributed by atoms with Gasteiger partial charge in [-0.2, -0.15) is 4.72 Å². The molecule has 0 bridgehead atoms. The lowest BCUT2D eigenvalue weighted by molar-refractivity contribution is -0.149. The van der Waals surface area contributed by atoms with E-state index < -0.39 is 38.1 Å². The number of methoxy groups -OCH3 is 1. The van der Waals surface area contributed by atoms with Crippen LogP contribution in [0.5, 0.6) is 0 Å². The van der Waals surface area contributed by atoms with Crippen LogP contribution in [-0.4, -0.2) is 27.0 Å². The number of nitrogens with one attached hydrogen (secondary N) is 1. The monoisotopic (exact) mass is 333 g/mol. The lowest BCUT2D eigenvalue weighted by Gasteiger charge is -2.34. The number of esters is 1. The van der Waals surface area contributed by atoms with Gasteiger partial charge in [-0.15, -0.1) is 0 Å². The Hall–Kier alpha value is -1.54. The van der Waals surface area contributed by atoms with E-state index >= 15 is 0 Å². The van der Waals surface area contributed by atoms with Crippen LogP contribution in [0.15, 0.2) is 23.1 Å². The maximum absolute atomic E-state index is 13.7. The maximum Gasteiger partial charge on any atom is 0.327 e. The molecule has 8 heteroatoms. The number of hydrogen-bond donors (Lipinski definition) is 1. The Morgan fingerprint density at radius 2 is 1.73 bits per heavy atom. The Morgan fingerprint density at radius 1 is 1.18 bits per heavy atom. The highest BCUT2D eigenvalue weighted by atomic mass is 32.2. The summed E-state index contributed by atoms with van der Waals surface area (Å²) in [6.07, 6.45) is 2.56. The minimum Gasteiger partial charge on any atom is -0.468 e. The fourth-order valence-corrected chi connectivity index (χ4v) is 4.30. The Labute approximate surface area is 127 Å². The molecule has 0 saturated heterocycles. The van der Waals surface area contributed by atoms with E-state index in [1.165, 1.54) is 0 Å². The highest BCUT2D eigenvalue weighted by Gasteiger charge is 2.45. The van der Waals surface area contributed by atoms with Gasteiger partial charge < -0.3 is 4.74 Å². The van der Waals surface area contributed by atoms with E-state index in [9.17, 15) is 22.0 Å². The van der Waals surface area contributed by atoms with E-state index in [1.54, 1.807) is 0 Å². The SMILES string of the molecule is COC(=O)C1(NS(=O)(=O)c2c(F)cccc2F)CCCCC1. The van der Waals surface area contributed by atoms with Crippen molar-refractivity contribution in [2.45, 2.75) is 42.5 Å². The lowest BCUT2D eigenvalue weighted by atomic mass is 9.83. The first-order valence-electron chi connectivity index (χ1n) is 6.89. The largest absolute Gasteiger partial charge is 0.468 e. The van der Waals surface area contributed by atoms with Gasteiger partial charge in [0.2, 0.25) is 10.0 Å². The number of benzene rings is 1. The molecule has 0 heterocycles. The molecular formula is C14H17F2NO4S. The molecule has 0 amide bonds. The molecule has 2 rings (SSSR count). The number of sulfonamides is 1. The van der Waals surface area contributed by atoms with Gasteiger partial charge in [-0.1, -0.05) is 25.3 Å². The van der Waals surface area contributed by atoms with Crippen molar-refractivity contribution in [1.82, 2.24) is 4.72 Å². The summed E-state index contributed by atoms with van der Waals surface area (Å²) in [4.78, 5) is 11.0. The van der Waals surface area contributed by atoms with Crippen molar-refractivity contribution >= 4 is 16.0 Å². The fourth-order valence-electron chi connectivity index (χ4n) is 2.75. The Bertz CT molecular complexity index is 649. The van der Waals surface area contributed by atoms with Crippen molar-refractivity contribution in [3.05, 3.63) is 29.8 Å². The first kappa shape index (κ1) is 16.8. The molecule has 1 saturated carbocycles. The molecule has 1 N–H and O–H groups in total. The van der Waals surface area contributed by atoms with E-state index in [1.807, 2.05) is 0 Å². The second-order valence-electron chi connectivity index (χ2n) is 5.29. The average molecular weight is 333 g/mol. The number of halogens is 2. The summed E-state index contributed by atoms with van der Waals surface area (Å²) >= 11 is 0. The highest BCUT2D eigenvalue weighted by molar-refractivity contribution is 7.89. The van der Waals surface area contributed by atoms with Gasteiger partial charge in [0, 0.05) is 0 Å². The van der Waals surface area contributed by atoms with E-state index in [0.717, 1.165) is 31.7 Å². The second-order valence-corrected chi connectivity index (χ2v) is 6.91. The van der Waals surface area contributed by atoms with Gasteiger partial charge in [-0.05, 0) is 25.0 Å². The van der Waals surface area contributed by atoms with Crippen LogP contribution in [-0.2, 0) is 19.6 Å². The van der Waals surface area contributed by atoms with Crippen molar-refractivity contribution in [3.8, 4) is 0 Å². The van der Waals surface area contributed by atoms with E-state index in [2.05, 4.69) is 9.46 Å². The summed E-state index contributed by atoms with van der Waals surface area (Å²) in [7, 11) is -3.39. The van der Waals surface area contributed by atoms with Gasteiger partial charge in [0.05, 0.1) is 7.11 Å². The van der Waals surface area contributed by atoms with Gasteiger partial charge in [-0.3, -0.25) is 4.79 Å². The summed E-state index contributed by atoms with van der Waals surface area (Å²) in [6.45, 7) is 0. The Kier molecular flexibility index (Phi) is 4.81. The summed E-state index contributed by atoms with van der Waals surface area (Å²) in [5.74, 6) is -3.15. The quantitative estimate of drug-likeness (QED) is 0.857. The normalized spacial score (nSPS) is 18.0. The maximum atomic E-state index is 13.7. The van der Waals surface area contributed by atoms with Gasteiger partial charge in [-0.25, -0.2) is 17.2 Å². The van der Waals surface area contributed by atoms with Crippen molar-refractivity contribution in [2.75, 3.05) is 7.11 Å². The zero-order chi connectivity index (χ0) is 16.4. The molecule has 0 atom stereocenters. The van der Waals surface area contributed by atoms with Gasteiger partial charge in [0.1, 0.15) is 17.2 Å². The molecule has 1 aliphatic carbocycles. The number of carbonyl (C=O) groups is 1. The van der Waals surface area contributed by atoms with Crippen LogP contribution < -0.4 is 4.72 Å². The Morgan fingerprint density at radius 3 is 2.23 bits per heavy atom.